The van der Waals surface area contributed by atoms with Crippen LogP contribution in [0.15, 0.2) is 48.7 Å². The molecule has 0 spiro atoms. The summed E-state index contributed by atoms with van der Waals surface area (Å²) in [6.07, 6.45) is 3.56. The first kappa shape index (κ1) is 17.6. The van der Waals surface area contributed by atoms with Crippen molar-refractivity contribution in [2.75, 3.05) is 18.6 Å². The Morgan fingerprint density at radius 3 is 2.62 bits per heavy atom. The number of pyridine rings is 1. The number of aromatic nitrogens is 1. The monoisotopic (exact) mass is 323 g/mol. The van der Waals surface area contributed by atoms with Crippen molar-refractivity contribution in [1.82, 2.24) is 4.98 Å². The maximum Gasteiger partial charge on any atom is 0.228 e. The van der Waals surface area contributed by atoms with E-state index in [2.05, 4.69) is 4.98 Å². The van der Waals surface area contributed by atoms with Crippen LogP contribution >= 0.6 is 0 Å². The van der Waals surface area contributed by atoms with E-state index in [4.69, 9.17) is 10.00 Å². The normalized spacial score (nSPS) is 10.2. The molecule has 0 fully saturated rings. The third-order valence-electron chi connectivity index (χ3n) is 3.63. The van der Waals surface area contributed by atoms with Gasteiger partial charge in [-0.2, -0.15) is 5.26 Å². The molecule has 0 bridgehead atoms. The topological polar surface area (TPSA) is 66.2 Å². The highest BCUT2D eigenvalue weighted by molar-refractivity contribution is 5.92. The Balaban J connectivity index is 2.13. The second kappa shape index (κ2) is 9.43. The van der Waals surface area contributed by atoms with Crippen molar-refractivity contribution in [3.63, 3.8) is 0 Å². The highest BCUT2D eigenvalue weighted by Crippen LogP contribution is 2.17. The first-order chi connectivity index (χ1) is 11.7. The summed E-state index contributed by atoms with van der Waals surface area (Å²) >= 11 is 0. The zero-order valence-electron chi connectivity index (χ0n) is 13.8. The number of nitriles is 1. The molecule has 0 saturated carbocycles. The number of unbranched alkanes of at least 4 members (excludes halogenated alkanes) is 1. The SMILES string of the molecule is COCCCCC(=O)N(Cc1ccccc1)c1ccc(C#N)cn1. The van der Waals surface area contributed by atoms with E-state index in [1.54, 1.807) is 24.1 Å². The van der Waals surface area contributed by atoms with Gasteiger partial charge in [-0.25, -0.2) is 4.98 Å². The van der Waals surface area contributed by atoms with E-state index >= 15 is 0 Å². The van der Waals surface area contributed by atoms with E-state index < -0.39 is 0 Å². The van der Waals surface area contributed by atoms with Gasteiger partial charge in [0.25, 0.3) is 0 Å². The lowest BCUT2D eigenvalue weighted by atomic mass is 10.1. The van der Waals surface area contributed by atoms with E-state index in [9.17, 15) is 4.79 Å². The average molecular weight is 323 g/mol. The molecule has 0 aliphatic heterocycles. The van der Waals surface area contributed by atoms with Crippen molar-refractivity contribution in [1.29, 1.82) is 5.26 Å². The van der Waals surface area contributed by atoms with Gasteiger partial charge in [0.05, 0.1) is 12.1 Å². The molecule has 0 saturated heterocycles. The van der Waals surface area contributed by atoms with Crippen LogP contribution in [-0.4, -0.2) is 24.6 Å². The first-order valence-electron chi connectivity index (χ1n) is 7.94. The summed E-state index contributed by atoms with van der Waals surface area (Å²) in [7, 11) is 1.66. The van der Waals surface area contributed by atoms with Crippen LogP contribution in [0.4, 0.5) is 5.82 Å². The molecule has 0 aliphatic rings. The zero-order valence-corrected chi connectivity index (χ0v) is 13.8. The standard InChI is InChI=1S/C19H21N3O2/c1-24-12-6-5-9-19(23)22(15-16-7-3-2-4-8-16)18-11-10-17(13-20)14-21-18/h2-4,7-8,10-11,14H,5-6,9,12,15H2,1H3. The van der Waals surface area contributed by atoms with Gasteiger partial charge in [0.1, 0.15) is 11.9 Å². The third kappa shape index (κ3) is 5.18. The molecule has 1 amide bonds. The van der Waals surface area contributed by atoms with Crippen LogP contribution in [0.5, 0.6) is 0 Å². The van der Waals surface area contributed by atoms with Crippen molar-refractivity contribution >= 4 is 11.7 Å². The molecule has 2 aromatic rings. The van der Waals surface area contributed by atoms with Crippen LogP contribution in [0.25, 0.3) is 0 Å². The van der Waals surface area contributed by atoms with Crippen LogP contribution in [0.1, 0.15) is 30.4 Å². The Labute approximate surface area is 142 Å². The van der Waals surface area contributed by atoms with Crippen LogP contribution in [0.2, 0.25) is 0 Å². The fourth-order valence-electron chi connectivity index (χ4n) is 2.33. The third-order valence-corrected chi connectivity index (χ3v) is 3.63. The number of hydrogen-bond donors (Lipinski definition) is 0. The lowest BCUT2D eigenvalue weighted by Crippen LogP contribution is -2.31. The van der Waals surface area contributed by atoms with Gasteiger partial charge in [-0.3, -0.25) is 9.69 Å². The van der Waals surface area contributed by atoms with Crippen LogP contribution in [0.3, 0.4) is 0 Å². The number of anilines is 1. The summed E-state index contributed by atoms with van der Waals surface area (Å²) in [5.41, 5.74) is 1.51. The number of rotatable bonds is 8. The number of carbonyl (C=O) groups is 1. The van der Waals surface area contributed by atoms with Crippen LogP contribution in [0, 0.1) is 11.3 Å². The largest absolute Gasteiger partial charge is 0.385 e. The van der Waals surface area contributed by atoms with Crippen molar-refractivity contribution < 1.29 is 9.53 Å². The zero-order chi connectivity index (χ0) is 17.2. The molecule has 0 aliphatic carbocycles. The van der Waals surface area contributed by atoms with Gasteiger partial charge in [0.15, 0.2) is 0 Å². The summed E-state index contributed by atoms with van der Waals surface area (Å²) in [4.78, 5) is 18.6. The Bertz CT molecular complexity index is 678. The quantitative estimate of drug-likeness (QED) is 0.699. The fourth-order valence-corrected chi connectivity index (χ4v) is 2.33. The molecule has 1 aromatic heterocycles. The van der Waals surface area contributed by atoms with Crippen LogP contribution in [-0.2, 0) is 16.1 Å². The molecule has 0 unspecified atom stereocenters. The second-order valence-corrected chi connectivity index (χ2v) is 5.43. The number of amides is 1. The number of ether oxygens (including phenoxy) is 1. The molecular weight excluding hydrogens is 302 g/mol. The van der Waals surface area contributed by atoms with E-state index in [1.165, 1.54) is 6.20 Å². The molecule has 124 valence electrons. The molecule has 24 heavy (non-hydrogen) atoms. The molecular formula is C19H21N3O2. The van der Waals surface area contributed by atoms with Gasteiger partial charge in [0, 0.05) is 26.3 Å². The minimum Gasteiger partial charge on any atom is -0.385 e. The van der Waals surface area contributed by atoms with Crippen molar-refractivity contribution in [2.45, 2.75) is 25.8 Å². The fraction of sp³-hybridized carbons (Fsp3) is 0.316. The number of carbonyl (C=O) groups excluding carboxylic acids is 1. The predicted octanol–water partition coefficient (Wildman–Crippen LogP) is 3.30. The molecule has 0 N–H and O–H groups in total. The average Bonchev–Trinajstić information content (AvgIpc) is 2.64. The van der Waals surface area contributed by atoms with Gasteiger partial charge in [-0.1, -0.05) is 30.3 Å². The van der Waals surface area contributed by atoms with Gasteiger partial charge < -0.3 is 4.74 Å². The van der Waals surface area contributed by atoms with Gasteiger partial charge >= 0.3 is 0 Å². The van der Waals surface area contributed by atoms with Crippen molar-refractivity contribution in [2.24, 2.45) is 0 Å². The minimum atomic E-state index is 0.0205. The molecule has 2 rings (SSSR count). The summed E-state index contributed by atoms with van der Waals surface area (Å²) in [5.74, 6) is 0.585. The molecule has 5 heteroatoms. The molecule has 0 atom stereocenters. The minimum absolute atomic E-state index is 0.0205. The number of hydrogen-bond acceptors (Lipinski definition) is 4. The lowest BCUT2D eigenvalue weighted by molar-refractivity contribution is -0.118. The predicted molar refractivity (Wildman–Crippen MR) is 92.3 cm³/mol. The molecule has 1 aromatic carbocycles. The number of benzene rings is 1. The van der Waals surface area contributed by atoms with Gasteiger partial charge in [0.2, 0.25) is 5.91 Å². The maximum atomic E-state index is 12.6. The smallest absolute Gasteiger partial charge is 0.228 e. The lowest BCUT2D eigenvalue weighted by Gasteiger charge is -2.22. The van der Waals surface area contributed by atoms with E-state index in [1.807, 2.05) is 36.4 Å². The second-order valence-electron chi connectivity index (χ2n) is 5.43. The highest BCUT2D eigenvalue weighted by Gasteiger charge is 2.17. The Morgan fingerprint density at radius 2 is 2.00 bits per heavy atom. The van der Waals surface area contributed by atoms with Gasteiger partial charge in [-0.05, 0) is 30.5 Å². The Morgan fingerprint density at radius 1 is 1.21 bits per heavy atom. The summed E-state index contributed by atoms with van der Waals surface area (Å²) in [6, 6.07) is 15.2. The van der Waals surface area contributed by atoms with Gasteiger partial charge in [-0.15, -0.1) is 0 Å². The van der Waals surface area contributed by atoms with Crippen molar-refractivity contribution in [3.8, 4) is 6.07 Å². The summed E-state index contributed by atoms with van der Waals surface area (Å²) in [5, 5.41) is 8.90. The summed E-state index contributed by atoms with van der Waals surface area (Å²) < 4.78 is 5.02. The molecule has 1 heterocycles. The van der Waals surface area contributed by atoms with E-state index in [0.29, 0.717) is 31.0 Å². The number of methoxy groups -OCH3 is 1. The maximum absolute atomic E-state index is 12.6. The van der Waals surface area contributed by atoms with E-state index in [0.717, 1.165) is 18.4 Å². The molecule has 5 nitrogen and oxygen atoms in total. The first-order valence-corrected chi connectivity index (χ1v) is 7.94. The van der Waals surface area contributed by atoms with Crippen LogP contribution < -0.4 is 4.90 Å². The molecule has 0 radical (unpaired) electrons. The Kier molecular flexibility index (Phi) is 6.93. The summed E-state index contributed by atoms with van der Waals surface area (Å²) in [6.45, 7) is 1.12. The Hall–Kier alpha value is -2.71. The number of nitrogens with zero attached hydrogens (tertiary/aromatic N) is 3. The van der Waals surface area contributed by atoms with Crippen molar-refractivity contribution in [3.05, 3.63) is 59.8 Å². The highest BCUT2D eigenvalue weighted by atomic mass is 16.5. The van der Waals surface area contributed by atoms with E-state index in [-0.39, 0.29) is 5.91 Å².